The first-order chi connectivity index (χ1) is 12.1. The van der Waals surface area contributed by atoms with Gasteiger partial charge in [0.15, 0.2) is 0 Å². The van der Waals surface area contributed by atoms with Gasteiger partial charge < -0.3 is 15.0 Å². The number of ether oxygens (including phenoxy) is 1. The highest BCUT2D eigenvalue weighted by Gasteiger charge is 2.43. The molecular weight excluding hydrogens is 371 g/mol. The second kappa shape index (κ2) is 9.93. The van der Waals surface area contributed by atoms with Crippen LogP contribution in [0, 0.1) is 11.3 Å². The largest absolute Gasteiger partial charge is 0.384 e. The van der Waals surface area contributed by atoms with Crippen molar-refractivity contribution in [3.8, 4) is 0 Å². The lowest BCUT2D eigenvalue weighted by atomic mass is 9.78. The minimum Gasteiger partial charge on any atom is -0.384 e. The van der Waals surface area contributed by atoms with E-state index in [2.05, 4.69) is 22.3 Å². The molecule has 6 heteroatoms. The molecule has 1 saturated carbocycles. The van der Waals surface area contributed by atoms with Crippen molar-refractivity contribution in [2.75, 3.05) is 39.9 Å². The van der Waals surface area contributed by atoms with Gasteiger partial charge in [-0.3, -0.25) is 4.79 Å². The van der Waals surface area contributed by atoms with Crippen LogP contribution in [-0.4, -0.2) is 50.7 Å². The third-order valence-corrected chi connectivity index (χ3v) is 5.73. The third kappa shape index (κ3) is 5.59. The summed E-state index contributed by atoms with van der Waals surface area (Å²) in [6, 6.07) is 7.95. The summed E-state index contributed by atoms with van der Waals surface area (Å²) in [5, 5.41) is 4.12. The van der Waals surface area contributed by atoms with Gasteiger partial charge in [0.25, 0.3) is 0 Å². The highest BCUT2D eigenvalue weighted by Crippen LogP contribution is 2.35. The molecular formula is C20H30Cl2N2O2. The molecule has 26 heavy (non-hydrogen) atoms. The van der Waals surface area contributed by atoms with Crippen LogP contribution in [0.3, 0.4) is 0 Å². The summed E-state index contributed by atoms with van der Waals surface area (Å²) in [5.41, 5.74) is 0.874. The zero-order valence-electron chi connectivity index (χ0n) is 15.5. The maximum atomic E-state index is 13.4. The first-order valence-electron chi connectivity index (χ1n) is 9.36. The Morgan fingerprint density at radius 2 is 1.92 bits per heavy atom. The van der Waals surface area contributed by atoms with E-state index in [1.165, 1.54) is 18.4 Å². The molecule has 4 nitrogen and oxygen atoms in total. The van der Waals surface area contributed by atoms with Crippen LogP contribution >= 0.6 is 24.0 Å². The predicted molar refractivity (Wildman–Crippen MR) is 108 cm³/mol. The number of halogens is 2. The SMILES string of the molecule is COCC1(C(=O)N(CCc2ccc(Cl)cc2)CC2CC2)CCNCC1.Cl. The molecule has 0 spiro atoms. The molecule has 2 fully saturated rings. The maximum absolute atomic E-state index is 13.4. The van der Waals surface area contributed by atoms with Crippen molar-refractivity contribution < 1.29 is 9.53 Å². The standard InChI is InChI=1S/C20H29ClN2O2.ClH/c1-25-15-20(9-11-22-12-10-20)19(24)23(14-17-2-3-17)13-8-16-4-6-18(21)7-5-16;/h4-7,17,22H,2-3,8-15H2,1H3;1H. The lowest BCUT2D eigenvalue weighted by molar-refractivity contribution is -0.147. The topological polar surface area (TPSA) is 41.6 Å². The summed E-state index contributed by atoms with van der Waals surface area (Å²) >= 11 is 5.97. The van der Waals surface area contributed by atoms with E-state index in [0.29, 0.717) is 12.5 Å². The average Bonchev–Trinajstić information content (AvgIpc) is 3.44. The number of benzene rings is 1. The quantitative estimate of drug-likeness (QED) is 0.724. The van der Waals surface area contributed by atoms with E-state index in [9.17, 15) is 4.79 Å². The number of carbonyl (C=O) groups excluding carboxylic acids is 1. The Morgan fingerprint density at radius 1 is 1.27 bits per heavy atom. The van der Waals surface area contributed by atoms with Crippen molar-refractivity contribution in [3.63, 3.8) is 0 Å². The van der Waals surface area contributed by atoms with Crippen LogP contribution in [0.1, 0.15) is 31.2 Å². The van der Waals surface area contributed by atoms with Crippen LogP contribution in [0.5, 0.6) is 0 Å². The zero-order chi connectivity index (χ0) is 17.7. The minimum absolute atomic E-state index is 0. The van der Waals surface area contributed by atoms with Crippen molar-refractivity contribution >= 4 is 29.9 Å². The number of methoxy groups -OCH3 is 1. The van der Waals surface area contributed by atoms with Gasteiger partial charge in [-0.15, -0.1) is 12.4 Å². The molecule has 1 heterocycles. The molecule has 3 rings (SSSR count). The van der Waals surface area contributed by atoms with Gasteiger partial charge in [0.1, 0.15) is 0 Å². The van der Waals surface area contributed by atoms with E-state index in [1.54, 1.807) is 7.11 Å². The highest BCUT2D eigenvalue weighted by atomic mass is 35.5. The van der Waals surface area contributed by atoms with Crippen LogP contribution in [0.15, 0.2) is 24.3 Å². The number of piperidine rings is 1. The van der Waals surface area contributed by atoms with E-state index in [0.717, 1.165) is 50.5 Å². The summed E-state index contributed by atoms with van der Waals surface area (Å²) in [5.74, 6) is 0.979. The molecule has 0 aromatic heterocycles. The Hall–Kier alpha value is -0.810. The number of nitrogens with zero attached hydrogens (tertiary/aromatic N) is 1. The van der Waals surface area contributed by atoms with Crippen molar-refractivity contribution in [2.45, 2.75) is 32.1 Å². The van der Waals surface area contributed by atoms with Crippen LogP contribution in [0.25, 0.3) is 0 Å². The Morgan fingerprint density at radius 3 is 2.50 bits per heavy atom. The number of carbonyl (C=O) groups is 1. The van der Waals surface area contributed by atoms with E-state index >= 15 is 0 Å². The van der Waals surface area contributed by atoms with Gasteiger partial charge in [0, 0.05) is 25.2 Å². The molecule has 1 aromatic rings. The smallest absolute Gasteiger partial charge is 0.231 e. The van der Waals surface area contributed by atoms with Gasteiger partial charge in [0.2, 0.25) is 5.91 Å². The molecule has 146 valence electrons. The summed E-state index contributed by atoms with van der Waals surface area (Å²) in [6.07, 6.45) is 5.10. The molecule has 1 saturated heterocycles. The third-order valence-electron chi connectivity index (χ3n) is 5.48. The molecule has 1 aliphatic carbocycles. The van der Waals surface area contributed by atoms with Gasteiger partial charge in [-0.25, -0.2) is 0 Å². The van der Waals surface area contributed by atoms with E-state index < -0.39 is 0 Å². The Balaban J connectivity index is 0.00000243. The summed E-state index contributed by atoms with van der Waals surface area (Å²) in [4.78, 5) is 15.6. The number of nitrogens with one attached hydrogen (secondary N) is 1. The molecule has 0 atom stereocenters. The minimum atomic E-state index is -0.352. The Kier molecular flexibility index (Phi) is 8.21. The van der Waals surface area contributed by atoms with Gasteiger partial charge >= 0.3 is 0 Å². The van der Waals surface area contributed by atoms with Crippen molar-refractivity contribution in [3.05, 3.63) is 34.9 Å². The fraction of sp³-hybridized carbons (Fsp3) is 0.650. The van der Waals surface area contributed by atoms with Crippen LogP contribution < -0.4 is 5.32 Å². The molecule has 1 aromatic carbocycles. The van der Waals surface area contributed by atoms with Gasteiger partial charge in [0.05, 0.1) is 12.0 Å². The van der Waals surface area contributed by atoms with Crippen molar-refractivity contribution in [2.24, 2.45) is 11.3 Å². The number of amides is 1. The Bertz CT molecular complexity index is 564. The van der Waals surface area contributed by atoms with E-state index in [4.69, 9.17) is 16.3 Å². The van der Waals surface area contributed by atoms with E-state index in [1.807, 2.05) is 12.1 Å². The monoisotopic (exact) mass is 400 g/mol. The van der Waals surface area contributed by atoms with Gasteiger partial charge in [-0.2, -0.15) is 0 Å². The predicted octanol–water partition coefficient (Wildman–Crippen LogP) is 3.56. The molecule has 0 bridgehead atoms. The van der Waals surface area contributed by atoms with E-state index in [-0.39, 0.29) is 23.7 Å². The van der Waals surface area contributed by atoms with Crippen LogP contribution in [-0.2, 0) is 16.0 Å². The van der Waals surface area contributed by atoms with Crippen LogP contribution in [0.2, 0.25) is 5.02 Å². The molecule has 1 N–H and O–H groups in total. The summed E-state index contributed by atoms with van der Waals surface area (Å²) < 4.78 is 5.46. The number of rotatable bonds is 8. The average molecular weight is 401 g/mol. The highest BCUT2D eigenvalue weighted by molar-refractivity contribution is 6.30. The second-order valence-corrected chi connectivity index (χ2v) is 7.97. The lowest BCUT2D eigenvalue weighted by Crippen LogP contribution is -2.52. The zero-order valence-corrected chi connectivity index (χ0v) is 17.1. The number of hydrogen-bond donors (Lipinski definition) is 1. The van der Waals surface area contributed by atoms with Crippen LogP contribution in [0.4, 0.5) is 0 Å². The fourth-order valence-corrected chi connectivity index (χ4v) is 3.87. The molecule has 1 amide bonds. The normalized spacial score (nSPS) is 18.8. The first-order valence-corrected chi connectivity index (χ1v) is 9.74. The molecule has 0 radical (unpaired) electrons. The van der Waals surface area contributed by atoms with Crippen molar-refractivity contribution in [1.29, 1.82) is 0 Å². The lowest BCUT2D eigenvalue weighted by Gasteiger charge is -2.39. The first kappa shape index (κ1) is 21.5. The number of hydrogen-bond acceptors (Lipinski definition) is 3. The Labute approximate surface area is 168 Å². The van der Waals surface area contributed by atoms with Gasteiger partial charge in [-0.05, 0) is 68.8 Å². The van der Waals surface area contributed by atoms with Crippen molar-refractivity contribution in [1.82, 2.24) is 10.2 Å². The molecule has 1 aliphatic heterocycles. The summed E-state index contributed by atoms with van der Waals surface area (Å²) in [7, 11) is 1.70. The second-order valence-electron chi connectivity index (χ2n) is 7.53. The molecule has 0 unspecified atom stereocenters. The van der Waals surface area contributed by atoms with Gasteiger partial charge in [-0.1, -0.05) is 23.7 Å². The molecule has 2 aliphatic rings. The maximum Gasteiger partial charge on any atom is 0.231 e. The summed E-state index contributed by atoms with van der Waals surface area (Å²) in [6.45, 7) is 3.98. The fourth-order valence-electron chi connectivity index (χ4n) is 3.74.